The number of hydrogen-bond donors (Lipinski definition) is 2. The van der Waals surface area contributed by atoms with Crippen LogP contribution in [0.25, 0.3) is 0 Å². The first kappa shape index (κ1) is 17.5. The second-order valence-electron chi connectivity index (χ2n) is 5.95. The summed E-state index contributed by atoms with van der Waals surface area (Å²) in [5.74, 6) is 1.19. The Morgan fingerprint density at radius 2 is 1.73 bits per heavy atom. The summed E-state index contributed by atoms with van der Waals surface area (Å²) in [6.45, 7) is 2.67. The molecule has 0 saturated carbocycles. The quantitative estimate of drug-likeness (QED) is 0.699. The summed E-state index contributed by atoms with van der Waals surface area (Å²) in [5, 5.41) is 6.10. The van der Waals surface area contributed by atoms with Gasteiger partial charge in [0.05, 0.1) is 19.0 Å². The Balaban J connectivity index is 1.55. The van der Waals surface area contributed by atoms with Gasteiger partial charge in [-0.3, -0.25) is 4.79 Å². The van der Waals surface area contributed by atoms with Gasteiger partial charge in [0, 0.05) is 12.1 Å². The van der Waals surface area contributed by atoms with Crippen molar-refractivity contribution < 1.29 is 9.53 Å². The third-order valence-corrected chi connectivity index (χ3v) is 3.97. The van der Waals surface area contributed by atoms with Gasteiger partial charge < -0.3 is 15.4 Å². The molecule has 1 heterocycles. The minimum atomic E-state index is -0.170. The number of hydrogen-bond acceptors (Lipinski definition) is 4. The van der Waals surface area contributed by atoms with Crippen molar-refractivity contribution in [1.29, 1.82) is 0 Å². The molecule has 0 aliphatic carbocycles. The molecule has 26 heavy (non-hydrogen) atoms. The van der Waals surface area contributed by atoms with Crippen LogP contribution in [0.15, 0.2) is 66.9 Å². The molecule has 5 nitrogen and oxygen atoms in total. The number of benzene rings is 2. The van der Waals surface area contributed by atoms with Gasteiger partial charge in [-0.1, -0.05) is 29.8 Å². The van der Waals surface area contributed by atoms with Crippen molar-refractivity contribution in [1.82, 2.24) is 4.98 Å². The number of carbonyl (C=O) groups is 1. The summed E-state index contributed by atoms with van der Waals surface area (Å²) in [7, 11) is 1.65. The smallest absolute Gasteiger partial charge is 0.256 e. The minimum Gasteiger partial charge on any atom is -0.497 e. The number of rotatable bonds is 6. The molecule has 2 aromatic carbocycles. The van der Waals surface area contributed by atoms with Crippen LogP contribution >= 0.6 is 0 Å². The van der Waals surface area contributed by atoms with Crippen LogP contribution in [0.3, 0.4) is 0 Å². The Bertz CT molecular complexity index is 857. The third kappa shape index (κ3) is 4.60. The first-order valence-corrected chi connectivity index (χ1v) is 8.35. The standard InChI is InChI=1S/C21H21N3O2/c1-15-3-7-17(8-4-15)21(25)24-20-12-9-18(14-23-20)22-13-16-5-10-19(26-2)11-6-16/h3-12,14,22H,13H2,1-2H3,(H,23,24,25). The molecule has 3 rings (SSSR count). The summed E-state index contributed by atoms with van der Waals surface area (Å²) in [6, 6.07) is 19.0. The average molecular weight is 347 g/mol. The molecular formula is C21H21N3O2. The maximum Gasteiger partial charge on any atom is 0.256 e. The molecule has 5 heteroatoms. The Morgan fingerprint density at radius 1 is 1.00 bits per heavy atom. The highest BCUT2D eigenvalue weighted by Gasteiger charge is 2.06. The molecule has 0 atom stereocenters. The van der Waals surface area contributed by atoms with Crippen LogP contribution in [0.4, 0.5) is 11.5 Å². The predicted molar refractivity (Wildman–Crippen MR) is 104 cm³/mol. The predicted octanol–water partition coefficient (Wildman–Crippen LogP) is 4.26. The summed E-state index contributed by atoms with van der Waals surface area (Å²) in [6.07, 6.45) is 1.70. The van der Waals surface area contributed by atoms with Gasteiger partial charge in [0.1, 0.15) is 11.6 Å². The summed E-state index contributed by atoms with van der Waals surface area (Å²) < 4.78 is 5.15. The van der Waals surface area contributed by atoms with Crippen LogP contribution in [-0.2, 0) is 6.54 Å². The monoisotopic (exact) mass is 347 g/mol. The highest BCUT2D eigenvalue weighted by atomic mass is 16.5. The van der Waals surface area contributed by atoms with E-state index in [0.717, 1.165) is 22.6 Å². The van der Waals surface area contributed by atoms with Crippen molar-refractivity contribution in [3.05, 3.63) is 83.6 Å². The van der Waals surface area contributed by atoms with E-state index in [4.69, 9.17) is 4.74 Å². The van der Waals surface area contributed by atoms with Crippen molar-refractivity contribution in [2.75, 3.05) is 17.7 Å². The molecule has 0 fully saturated rings. The maximum absolute atomic E-state index is 12.2. The molecule has 0 radical (unpaired) electrons. The number of anilines is 2. The molecule has 0 unspecified atom stereocenters. The van der Waals surface area contributed by atoms with Gasteiger partial charge in [-0.15, -0.1) is 0 Å². The Labute approximate surface area is 153 Å². The second-order valence-corrected chi connectivity index (χ2v) is 5.95. The molecule has 0 spiro atoms. The first-order valence-electron chi connectivity index (χ1n) is 8.35. The largest absolute Gasteiger partial charge is 0.497 e. The van der Waals surface area contributed by atoms with Crippen LogP contribution < -0.4 is 15.4 Å². The number of aryl methyl sites for hydroxylation is 1. The fourth-order valence-corrected chi connectivity index (χ4v) is 2.41. The van der Waals surface area contributed by atoms with Crippen LogP contribution in [0.2, 0.25) is 0 Å². The zero-order valence-corrected chi connectivity index (χ0v) is 14.8. The van der Waals surface area contributed by atoms with E-state index >= 15 is 0 Å². The molecule has 0 aliphatic rings. The molecule has 1 aromatic heterocycles. The van der Waals surface area contributed by atoms with E-state index < -0.39 is 0 Å². The van der Waals surface area contributed by atoms with Gasteiger partial charge in [-0.25, -0.2) is 4.98 Å². The van der Waals surface area contributed by atoms with Crippen molar-refractivity contribution in [2.45, 2.75) is 13.5 Å². The summed E-state index contributed by atoms with van der Waals surface area (Å²) in [4.78, 5) is 16.5. The van der Waals surface area contributed by atoms with Crippen molar-refractivity contribution in [2.24, 2.45) is 0 Å². The molecule has 2 N–H and O–H groups in total. The van der Waals surface area contributed by atoms with Crippen molar-refractivity contribution >= 4 is 17.4 Å². The van der Waals surface area contributed by atoms with E-state index in [1.165, 1.54) is 0 Å². The van der Waals surface area contributed by atoms with Crippen LogP contribution in [-0.4, -0.2) is 18.0 Å². The Hall–Kier alpha value is -3.34. The van der Waals surface area contributed by atoms with Crippen molar-refractivity contribution in [3.63, 3.8) is 0 Å². The van der Waals surface area contributed by atoms with E-state index in [-0.39, 0.29) is 5.91 Å². The number of pyridine rings is 1. The molecule has 0 aliphatic heterocycles. The zero-order chi connectivity index (χ0) is 18.4. The fourth-order valence-electron chi connectivity index (χ4n) is 2.41. The molecular weight excluding hydrogens is 326 g/mol. The number of nitrogens with zero attached hydrogens (tertiary/aromatic N) is 1. The van der Waals surface area contributed by atoms with Gasteiger partial charge >= 0.3 is 0 Å². The summed E-state index contributed by atoms with van der Waals surface area (Å²) in [5.41, 5.74) is 3.75. The Morgan fingerprint density at radius 3 is 2.35 bits per heavy atom. The molecule has 0 saturated heterocycles. The lowest BCUT2D eigenvalue weighted by Gasteiger charge is -2.09. The highest BCUT2D eigenvalue weighted by molar-refractivity contribution is 6.03. The molecule has 0 bridgehead atoms. The van der Waals surface area contributed by atoms with Gasteiger partial charge in [0.15, 0.2) is 0 Å². The van der Waals surface area contributed by atoms with E-state index in [9.17, 15) is 4.79 Å². The number of carbonyl (C=O) groups excluding carboxylic acids is 1. The van der Waals surface area contributed by atoms with Gasteiger partial charge in [-0.05, 0) is 48.9 Å². The number of methoxy groups -OCH3 is 1. The van der Waals surface area contributed by atoms with Crippen LogP contribution in [0.5, 0.6) is 5.75 Å². The number of nitrogens with one attached hydrogen (secondary N) is 2. The lowest BCUT2D eigenvalue weighted by atomic mass is 10.1. The first-order chi connectivity index (χ1) is 12.6. The number of ether oxygens (including phenoxy) is 1. The normalized spacial score (nSPS) is 10.2. The SMILES string of the molecule is COc1ccc(CNc2ccc(NC(=O)c3ccc(C)cc3)nc2)cc1. The van der Waals surface area contributed by atoms with E-state index in [2.05, 4.69) is 15.6 Å². The lowest BCUT2D eigenvalue weighted by molar-refractivity contribution is 0.102. The second kappa shape index (κ2) is 8.16. The number of aromatic nitrogens is 1. The van der Waals surface area contributed by atoms with E-state index in [0.29, 0.717) is 17.9 Å². The van der Waals surface area contributed by atoms with Crippen LogP contribution in [0, 0.1) is 6.92 Å². The minimum absolute atomic E-state index is 0.170. The topological polar surface area (TPSA) is 63.2 Å². The average Bonchev–Trinajstić information content (AvgIpc) is 2.68. The molecule has 1 amide bonds. The van der Waals surface area contributed by atoms with Crippen LogP contribution in [0.1, 0.15) is 21.5 Å². The van der Waals surface area contributed by atoms with E-state index in [1.807, 2.05) is 49.4 Å². The van der Waals surface area contributed by atoms with Crippen molar-refractivity contribution in [3.8, 4) is 5.75 Å². The van der Waals surface area contributed by atoms with E-state index in [1.54, 1.807) is 31.5 Å². The molecule has 132 valence electrons. The lowest BCUT2D eigenvalue weighted by Crippen LogP contribution is -2.12. The highest BCUT2D eigenvalue weighted by Crippen LogP contribution is 2.15. The van der Waals surface area contributed by atoms with Gasteiger partial charge in [-0.2, -0.15) is 0 Å². The van der Waals surface area contributed by atoms with Gasteiger partial charge in [0.25, 0.3) is 5.91 Å². The Kier molecular flexibility index (Phi) is 5.49. The number of amides is 1. The fraction of sp³-hybridized carbons (Fsp3) is 0.143. The molecule has 3 aromatic rings. The van der Waals surface area contributed by atoms with Gasteiger partial charge in [0.2, 0.25) is 0 Å². The summed E-state index contributed by atoms with van der Waals surface area (Å²) >= 11 is 0. The third-order valence-electron chi connectivity index (χ3n) is 3.97. The zero-order valence-electron chi connectivity index (χ0n) is 14.8. The maximum atomic E-state index is 12.2.